The van der Waals surface area contributed by atoms with Crippen LogP contribution in [0.1, 0.15) is 0 Å². The number of nitrogens with zero attached hydrogens (tertiary/aromatic N) is 1. The fourth-order valence-electron chi connectivity index (χ4n) is 7.55. The minimum atomic E-state index is 1.20. The van der Waals surface area contributed by atoms with E-state index in [1.807, 2.05) is 34.0 Å². The Morgan fingerprint density at radius 3 is 1.83 bits per heavy atom. The molecular weight excluding hydrogens is 615 g/mol. The van der Waals surface area contributed by atoms with Crippen molar-refractivity contribution >= 4 is 116 Å². The van der Waals surface area contributed by atoms with E-state index >= 15 is 0 Å². The zero-order valence-electron chi connectivity index (χ0n) is 24.5. The molecule has 0 bridgehead atoms. The summed E-state index contributed by atoms with van der Waals surface area (Å²) in [5.74, 6) is 0. The summed E-state index contributed by atoms with van der Waals surface area (Å²) in [5.41, 5.74) is 6.27. The van der Waals surface area contributed by atoms with Crippen molar-refractivity contribution in [1.82, 2.24) is 4.57 Å². The van der Waals surface area contributed by atoms with Gasteiger partial charge >= 0.3 is 0 Å². The van der Waals surface area contributed by atoms with Crippen LogP contribution >= 0.6 is 34.0 Å². The topological polar surface area (TPSA) is 4.93 Å². The summed E-state index contributed by atoms with van der Waals surface area (Å²) in [4.78, 5) is 0. The molecule has 4 heterocycles. The number of benzene rings is 7. The van der Waals surface area contributed by atoms with Crippen LogP contribution in [0, 0.1) is 0 Å². The molecule has 4 heteroatoms. The highest BCUT2D eigenvalue weighted by molar-refractivity contribution is 7.26. The molecule has 0 atom stereocenters. The van der Waals surface area contributed by atoms with Gasteiger partial charge in [-0.25, -0.2) is 0 Å². The summed E-state index contributed by atoms with van der Waals surface area (Å²) in [6, 6.07) is 52.1. The molecule has 214 valence electrons. The van der Waals surface area contributed by atoms with Crippen LogP contribution in [0.5, 0.6) is 0 Å². The number of aromatic nitrogens is 1. The van der Waals surface area contributed by atoms with Gasteiger partial charge in [0.1, 0.15) is 0 Å². The lowest BCUT2D eigenvalue weighted by Gasteiger charge is -2.10. The van der Waals surface area contributed by atoms with E-state index in [0.29, 0.717) is 0 Å². The summed E-state index contributed by atoms with van der Waals surface area (Å²) in [5, 5.41) is 10.6. The highest BCUT2D eigenvalue weighted by Gasteiger charge is 2.18. The normalized spacial score (nSPS) is 12.3. The van der Waals surface area contributed by atoms with Crippen molar-refractivity contribution in [2.75, 3.05) is 0 Å². The predicted molar refractivity (Wildman–Crippen MR) is 205 cm³/mol. The van der Waals surface area contributed by atoms with E-state index in [1.54, 1.807) is 0 Å². The number of hydrogen-bond acceptors (Lipinski definition) is 3. The second-order valence-electron chi connectivity index (χ2n) is 12.1. The van der Waals surface area contributed by atoms with Gasteiger partial charge in [-0.3, -0.25) is 0 Å². The minimum Gasteiger partial charge on any atom is -0.309 e. The molecule has 7 aromatic carbocycles. The van der Waals surface area contributed by atoms with Crippen molar-refractivity contribution < 1.29 is 0 Å². The average Bonchev–Trinajstić information content (AvgIpc) is 3.85. The average molecular weight is 638 g/mol. The predicted octanol–water partition coefficient (Wildman–Crippen LogP) is 13.6. The zero-order chi connectivity index (χ0) is 29.9. The summed E-state index contributed by atoms with van der Waals surface area (Å²) in [7, 11) is 0. The number of hydrogen-bond donors (Lipinski definition) is 0. The van der Waals surface area contributed by atoms with E-state index in [-0.39, 0.29) is 0 Å². The Morgan fingerprint density at radius 1 is 0.348 bits per heavy atom. The van der Waals surface area contributed by atoms with Gasteiger partial charge in [-0.2, -0.15) is 0 Å². The van der Waals surface area contributed by atoms with Crippen molar-refractivity contribution in [3.8, 4) is 16.8 Å². The number of rotatable bonds is 2. The molecule has 0 radical (unpaired) electrons. The number of fused-ring (bicyclic) bond motifs is 12. The van der Waals surface area contributed by atoms with Crippen LogP contribution in [0.4, 0.5) is 0 Å². The molecule has 0 saturated heterocycles. The van der Waals surface area contributed by atoms with Crippen molar-refractivity contribution in [1.29, 1.82) is 0 Å². The molecule has 0 aliphatic carbocycles. The standard InChI is InChI=1S/C42H23NS3/c1-4-12-34-27(8-1)30-23-41-32(29-10-3-6-14-37(29)46-41)22-35(30)43(34)25-17-19-39-33(21-25)42-26(11-7-15-40(42)45-39)24-16-18-38-31(20-24)28-9-2-5-13-36(28)44-38/h1-23H. The van der Waals surface area contributed by atoms with Crippen LogP contribution in [0.2, 0.25) is 0 Å². The van der Waals surface area contributed by atoms with E-state index in [0.717, 1.165) is 0 Å². The third kappa shape index (κ3) is 3.44. The maximum absolute atomic E-state index is 2.48. The molecule has 11 rings (SSSR count). The lowest BCUT2D eigenvalue weighted by molar-refractivity contribution is 1.19. The van der Waals surface area contributed by atoms with Crippen LogP contribution in [-0.4, -0.2) is 4.57 Å². The third-order valence-electron chi connectivity index (χ3n) is 9.60. The summed E-state index contributed by atoms with van der Waals surface area (Å²) in [6.07, 6.45) is 0. The molecule has 46 heavy (non-hydrogen) atoms. The van der Waals surface area contributed by atoms with Crippen molar-refractivity contribution in [2.45, 2.75) is 0 Å². The van der Waals surface area contributed by atoms with Gasteiger partial charge in [0.25, 0.3) is 0 Å². The van der Waals surface area contributed by atoms with Crippen molar-refractivity contribution in [2.24, 2.45) is 0 Å². The molecule has 4 aromatic heterocycles. The summed E-state index contributed by atoms with van der Waals surface area (Å²) < 4.78 is 10.5. The van der Waals surface area contributed by atoms with Gasteiger partial charge in [0.2, 0.25) is 0 Å². The van der Waals surface area contributed by atoms with E-state index < -0.39 is 0 Å². The number of thiophene rings is 3. The Morgan fingerprint density at radius 2 is 0.978 bits per heavy atom. The van der Waals surface area contributed by atoms with Crippen LogP contribution in [0.3, 0.4) is 0 Å². The molecule has 0 unspecified atom stereocenters. The second kappa shape index (κ2) is 9.27. The SMILES string of the molecule is c1ccc2c(c1)sc1ccc(-c3cccc4sc5ccc(-n6c7ccccc7c7cc8sc9ccccc9c8cc76)cc5c34)cc12. The Kier molecular flexibility index (Phi) is 5.08. The molecule has 0 spiro atoms. The lowest BCUT2D eigenvalue weighted by Crippen LogP contribution is -1.93. The second-order valence-corrected chi connectivity index (χ2v) is 15.3. The highest BCUT2D eigenvalue weighted by atomic mass is 32.1. The van der Waals surface area contributed by atoms with Gasteiger partial charge in [-0.1, -0.05) is 72.8 Å². The minimum absolute atomic E-state index is 1.20. The zero-order valence-corrected chi connectivity index (χ0v) is 26.9. The molecular formula is C42H23NS3. The molecule has 11 aromatic rings. The summed E-state index contributed by atoms with van der Waals surface area (Å²) in [6.45, 7) is 0. The monoisotopic (exact) mass is 637 g/mol. The summed E-state index contributed by atoms with van der Waals surface area (Å²) >= 11 is 5.66. The fourth-order valence-corrected chi connectivity index (χ4v) is 10.9. The van der Waals surface area contributed by atoms with Crippen LogP contribution < -0.4 is 0 Å². The fraction of sp³-hybridized carbons (Fsp3) is 0. The molecule has 0 aliphatic heterocycles. The van der Waals surface area contributed by atoms with Gasteiger partial charge in [0.05, 0.1) is 11.0 Å². The van der Waals surface area contributed by atoms with Gasteiger partial charge in [0, 0.05) is 77.0 Å². The molecule has 0 saturated carbocycles. The maximum Gasteiger partial charge on any atom is 0.0548 e. The first-order valence-electron chi connectivity index (χ1n) is 15.5. The van der Waals surface area contributed by atoms with Gasteiger partial charge < -0.3 is 4.57 Å². The first-order valence-corrected chi connectivity index (χ1v) is 18.0. The lowest BCUT2D eigenvalue weighted by atomic mass is 9.98. The maximum atomic E-state index is 2.48. The van der Waals surface area contributed by atoms with E-state index in [4.69, 9.17) is 0 Å². The van der Waals surface area contributed by atoms with Crippen molar-refractivity contribution in [3.63, 3.8) is 0 Å². The Balaban J connectivity index is 1.19. The van der Waals surface area contributed by atoms with E-state index in [9.17, 15) is 0 Å². The highest BCUT2D eigenvalue weighted by Crippen LogP contribution is 2.45. The molecule has 0 aliphatic rings. The van der Waals surface area contributed by atoms with Crippen LogP contribution in [0.25, 0.3) is 99.1 Å². The Bertz CT molecular complexity index is 3040. The van der Waals surface area contributed by atoms with Crippen LogP contribution in [0.15, 0.2) is 140 Å². The Hall–Kier alpha value is -5.00. The quantitative estimate of drug-likeness (QED) is 0.178. The van der Waals surface area contributed by atoms with Gasteiger partial charge in [0.15, 0.2) is 0 Å². The smallest absolute Gasteiger partial charge is 0.0548 e. The largest absolute Gasteiger partial charge is 0.309 e. The molecule has 1 nitrogen and oxygen atoms in total. The van der Waals surface area contributed by atoms with Gasteiger partial charge in [-0.05, 0) is 77.9 Å². The van der Waals surface area contributed by atoms with Crippen LogP contribution in [-0.2, 0) is 0 Å². The first-order chi connectivity index (χ1) is 22.8. The molecule has 0 N–H and O–H groups in total. The third-order valence-corrected chi connectivity index (χ3v) is 13.0. The van der Waals surface area contributed by atoms with Gasteiger partial charge in [-0.15, -0.1) is 34.0 Å². The Labute approximate surface area is 275 Å². The molecule has 0 amide bonds. The van der Waals surface area contributed by atoms with E-state index in [2.05, 4.69) is 144 Å². The van der Waals surface area contributed by atoms with Crippen molar-refractivity contribution in [3.05, 3.63) is 140 Å². The number of para-hydroxylation sites is 1. The first kappa shape index (κ1) is 25.2. The van der Waals surface area contributed by atoms with E-state index in [1.165, 1.54) is 99.1 Å². The molecule has 0 fully saturated rings.